The van der Waals surface area contributed by atoms with Crippen molar-refractivity contribution in [3.8, 4) is 6.07 Å². The van der Waals surface area contributed by atoms with Crippen molar-refractivity contribution in [1.29, 1.82) is 5.26 Å². The Labute approximate surface area is 154 Å². The van der Waals surface area contributed by atoms with Crippen LogP contribution in [0.2, 0.25) is 0 Å². The number of benzene rings is 1. The Hall–Kier alpha value is -3.47. The number of anilines is 1. The zero-order valence-corrected chi connectivity index (χ0v) is 14.8. The van der Waals surface area contributed by atoms with Gasteiger partial charge in [0.1, 0.15) is 11.8 Å². The largest absolute Gasteiger partial charge is 0.418 e. The second-order valence-electron chi connectivity index (χ2n) is 5.81. The predicted octanol–water partition coefficient (Wildman–Crippen LogP) is -0.0562. The van der Waals surface area contributed by atoms with Crippen LogP contribution in [-0.2, 0) is 16.2 Å². The fourth-order valence-electron chi connectivity index (χ4n) is 2.61. The normalized spacial score (nSPS) is 14.5. The minimum Gasteiger partial charge on any atom is -0.358 e. The van der Waals surface area contributed by atoms with E-state index in [0.717, 1.165) is 17.2 Å². The summed E-state index contributed by atoms with van der Waals surface area (Å²) >= 11 is 0. The fourth-order valence-corrected chi connectivity index (χ4v) is 3.10. The average molecular weight is 416 g/mol. The van der Waals surface area contributed by atoms with Crippen LogP contribution < -0.4 is 26.3 Å². The van der Waals surface area contributed by atoms with Crippen molar-refractivity contribution in [3.63, 3.8) is 0 Å². The third kappa shape index (κ3) is 3.51. The molecule has 0 unspecified atom stereocenters. The van der Waals surface area contributed by atoms with Gasteiger partial charge in [-0.15, -0.1) is 0 Å². The first-order valence-corrected chi connectivity index (χ1v) is 9.30. The first-order valence-electron chi connectivity index (χ1n) is 7.41. The summed E-state index contributed by atoms with van der Waals surface area (Å²) in [6.07, 6.45) is -3.00. The van der Waals surface area contributed by atoms with Crippen LogP contribution in [0.1, 0.15) is 5.56 Å². The number of nitriles is 1. The van der Waals surface area contributed by atoms with Gasteiger partial charge in [0.15, 0.2) is 0 Å². The van der Waals surface area contributed by atoms with E-state index < -0.39 is 44.2 Å². The van der Waals surface area contributed by atoms with Gasteiger partial charge in [0.25, 0.3) is 5.56 Å². The summed E-state index contributed by atoms with van der Waals surface area (Å²) in [6, 6.07) is 3.20. The Morgan fingerprint density at radius 2 is 1.96 bits per heavy atom. The van der Waals surface area contributed by atoms with E-state index in [0.29, 0.717) is 12.3 Å². The Morgan fingerprint density at radius 1 is 1.29 bits per heavy atom. The van der Waals surface area contributed by atoms with Gasteiger partial charge in [0.2, 0.25) is 10.0 Å². The third-order valence-electron chi connectivity index (χ3n) is 3.73. The third-order valence-corrected chi connectivity index (χ3v) is 4.25. The SMILES string of the molecule is CS(=O)(=O)Nn1c(=O)[nH]c2cc(C(F)(F)F)c(N3C=C(C#N)NC3)cc2c1=O. The highest BCUT2D eigenvalue weighted by Gasteiger charge is 2.36. The molecule has 10 nitrogen and oxygen atoms in total. The monoisotopic (exact) mass is 416 g/mol. The van der Waals surface area contributed by atoms with E-state index in [1.54, 1.807) is 10.9 Å². The quantitative estimate of drug-likeness (QED) is 0.637. The zero-order chi connectivity index (χ0) is 20.9. The van der Waals surface area contributed by atoms with Crippen LogP contribution in [0.5, 0.6) is 0 Å². The summed E-state index contributed by atoms with van der Waals surface area (Å²) in [5.74, 6) is 0. The molecule has 0 bridgehead atoms. The highest BCUT2D eigenvalue weighted by atomic mass is 32.2. The molecule has 3 N–H and O–H groups in total. The van der Waals surface area contributed by atoms with Crippen molar-refractivity contribution in [2.24, 2.45) is 0 Å². The average Bonchev–Trinajstić information content (AvgIpc) is 3.05. The molecule has 1 aliphatic rings. The highest BCUT2D eigenvalue weighted by molar-refractivity contribution is 7.91. The number of aromatic amines is 1. The van der Waals surface area contributed by atoms with E-state index in [1.165, 1.54) is 0 Å². The van der Waals surface area contributed by atoms with Crippen molar-refractivity contribution < 1.29 is 21.6 Å². The minimum atomic E-state index is -4.83. The summed E-state index contributed by atoms with van der Waals surface area (Å²) in [7, 11) is -4.01. The van der Waals surface area contributed by atoms with Crippen LogP contribution >= 0.6 is 0 Å². The predicted molar refractivity (Wildman–Crippen MR) is 92.2 cm³/mol. The summed E-state index contributed by atoms with van der Waals surface area (Å²) in [4.78, 5) is 29.3. The van der Waals surface area contributed by atoms with Crippen LogP contribution in [0.4, 0.5) is 18.9 Å². The van der Waals surface area contributed by atoms with Crippen LogP contribution in [0.3, 0.4) is 0 Å². The molecule has 1 aromatic heterocycles. The van der Waals surface area contributed by atoms with Gasteiger partial charge in [-0.05, 0) is 12.1 Å². The number of aromatic nitrogens is 2. The van der Waals surface area contributed by atoms with Crippen LogP contribution in [0.25, 0.3) is 10.9 Å². The number of nitrogens with zero attached hydrogens (tertiary/aromatic N) is 3. The molecule has 0 saturated heterocycles. The van der Waals surface area contributed by atoms with Crippen molar-refractivity contribution in [3.05, 3.63) is 50.4 Å². The second-order valence-corrected chi connectivity index (χ2v) is 7.53. The van der Waals surface area contributed by atoms with Crippen molar-refractivity contribution in [1.82, 2.24) is 15.0 Å². The molecule has 1 aliphatic heterocycles. The van der Waals surface area contributed by atoms with E-state index in [2.05, 4.69) is 10.3 Å². The number of allylic oxidation sites excluding steroid dienone is 1. The number of rotatable bonds is 3. The Bertz CT molecular complexity index is 1270. The van der Waals surface area contributed by atoms with Crippen molar-refractivity contribution >= 4 is 26.6 Å². The summed E-state index contributed by atoms with van der Waals surface area (Å²) in [6.45, 7) is -0.156. The van der Waals surface area contributed by atoms with E-state index in [-0.39, 0.29) is 22.4 Å². The summed E-state index contributed by atoms with van der Waals surface area (Å²) in [5, 5.41) is 11.1. The standard InChI is InChI=1S/C14H11F3N6O4S/c1-28(26,27)21-23-12(24)8-2-11(22-5-7(4-18)19-6-22)9(14(15,16)17)3-10(8)20-13(23)25/h2-3,5,19,21H,6H2,1H3,(H,20,25). The molecule has 0 saturated carbocycles. The van der Waals surface area contributed by atoms with E-state index in [4.69, 9.17) is 5.26 Å². The first kappa shape index (κ1) is 19.3. The molecule has 1 aromatic carbocycles. The fraction of sp³-hybridized carbons (Fsp3) is 0.214. The number of hydrogen-bond acceptors (Lipinski definition) is 7. The lowest BCUT2D eigenvalue weighted by atomic mass is 10.1. The molecule has 0 radical (unpaired) electrons. The molecule has 2 aromatic rings. The minimum absolute atomic E-state index is 0.0193. The number of alkyl halides is 3. The molecule has 0 spiro atoms. The molecule has 28 heavy (non-hydrogen) atoms. The Kier molecular flexibility index (Phi) is 4.34. The molecule has 0 amide bonds. The summed E-state index contributed by atoms with van der Waals surface area (Å²) in [5.41, 5.74) is -4.41. The van der Waals surface area contributed by atoms with Crippen LogP contribution in [0.15, 0.2) is 33.6 Å². The molecule has 0 aliphatic carbocycles. The van der Waals surface area contributed by atoms with Gasteiger partial charge in [0.05, 0.1) is 35.1 Å². The van der Waals surface area contributed by atoms with E-state index in [9.17, 15) is 31.2 Å². The molecular weight excluding hydrogens is 405 g/mol. The van der Waals surface area contributed by atoms with E-state index in [1.807, 2.05) is 0 Å². The highest BCUT2D eigenvalue weighted by Crippen LogP contribution is 2.38. The van der Waals surface area contributed by atoms with Crippen molar-refractivity contribution in [2.75, 3.05) is 22.7 Å². The maximum atomic E-state index is 13.5. The van der Waals surface area contributed by atoms with Gasteiger partial charge in [-0.1, -0.05) is 0 Å². The topological polar surface area (TPSA) is 140 Å². The number of hydrogen-bond donors (Lipinski definition) is 3. The summed E-state index contributed by atoms with van der Waals surface area (Å²) < 4.78 is 63.4. The Balaban J connectivity index is 2.33. The number of nitrogens with one attached hydrogen (secondary N) is 3. The maximum Gasteiger partial charge on any atom is 0.418 e. The van der Waals surface area contributed by atoms with Gasteiger partial charge in [-0.25, -0.2) is 18.0 Å². The van der Waals surface area contributed by atoms with Gasteiger partial charge in [0, 0.05) is 6.20 Å². The van der Waals surface area contributed by atoms with Gasteiger partial charge in [-0.2, -0.15) is 23.1 Å². The molecule has 0 atom stereocenters. The molecule has 0 fully saturated rings. The number of fused-ring (bicyclic) bond motifs is 1. The molecule has 3 rings (SSSR count). The molecule has 2 heterocycles. The first-order chi connectivity index (χ1) is 12.9. The van der Waals surface area contributed by atoms with Crippen molar-refractivity contribution in [2.45, 2.75) is 6.18 Å². The number of halogens is 3. The Morgan fingerprint density at radius 3 is 2.50 bits per heavy atom. The lowest BCUT2D eigenvalue weighted by Gasteiger charge is -2.21. The van der Waals surface area contributed by atoms with Gasteiger partial charge < -0.3 is 15.2 Å². The molecule has 148 valence electrons. The van der Waals surface area contributed by atoms with Crippen LogP contribution in [-0.4, -0.2) is 31.0 Å². The second kappa shape index (κ2) is 6.30. The number of sulfonamides is 1. The maximum absolute atomic E-state index is 13.5. The van der Waals surface area contributed by atoms with E-state index >= 15 is 0 Å². The lowest BCUT2D eigenvalue weighted by Crippen LogP contribution is -2.43. The molecule has 14 heteroatoms. The molecular formula is C14H11F3N6O4S. The smallest absolute Gasteiger partial charge is 0.358 e. The van der Waals surface area contributed by atoms with Gasteiger partial charge >= 0.3 is 11.9 Å². The van der Waals surface area contributed by atoms with Crippen LogP contribution in [0, 0.1) is 11.3 Å². The number of H-pyrrole nitrogens is 1. The lowest BCUT2D eigenvalue weighted by molar-refractivity contribution is -0.137. The van der Waals surface area contributed by atoms with Gasteiger partial charge in [-0.3, -0.25) is 4.79 Å². The zero-order valence-electron chi connectivity index (χ0n) is 14.0.